The highest BCUT2D eigenvalue weighted by atomic mass is 16.5. The number of nitrogens with zero attached hydrogens (tertiary/aromatic N) is 4. The molecule has 0 bridgehead atoms. The largest absolute Gasteiger partial charge is 0.381 e. The summed E-state index contributed by atoms with van der Waals surface area (Å²) in [6.07, 6.45) is 7.58. The summed E-state index contributed by atoms with van der Waals surface area (Å²) in [6.45, 7) is 2.66. The average molecular weight is 233 g/mol. The molecule has 1 aliphatic heterocycles. The van der Waals surface area contributed by atoms with Crippen LogP contribution in [0, 0.1) is 5.92 Å². The van der Waals surface area contributed by atoms with Gasteiger partial charge in [0.15, 0.2) is 0 Å². The molecule has 17 heavy (non-hydrogen) atoms. The van der Waals surface area contributed by atoms with E-state index in [1.54, 1.807) is 12.5 Å². The van der Waals surface area contributed by atoms with Crippen molar-refractivity contribution < 1.29 is 4.74 Å². The molecule has 3 heterocycles. The van der Waals surface area contributed by atoms with Crippen LogP contribution in [0.4, 0.5) is 0 Å². The molecule has 0 radical (unpaired) electrons. The third-order valence-corrected chi connectivity index (χ3v) is 3.10. The summed E-state index contributed by atoms with van der Waals surface area (Å²) in [5, 5.41) is 8.28. The van der Waals surface area contributed by atoms with Crippen LogP contribution in [-0.2, 0) is 11.3 Å². The molecule has 0 atom stereocenters. The molecule has 6 heteroatoms. The highest BCUT2D eigenvalue weighted by Gasteiger charge is 2.15. The second-order valence-electron chi connectivity index (χ2n) is 4.35. The summed E-state index contributed by atoms with van der Waals surface area (Å²) in [6, 6.07) is 0. The van der Waals surface area contributed by atoms with E-state index in [-0.39, 0.29) is 0 Å². The van der Waals surface area contributed by atoms with Gasteiger partial charge in [0.2, 0.25) is 0 Å². The van der Waals surface area contributed by atoms with Crippen LogP contribution < -0.4 is 0 Å². The van der Waals surface area contributed by atoms with Crippen molar-refractivity contribution >= 4 is 0 Å². The van der Waals surface area contributed by atoms with Crippen LogP contribution in [-0.4, -0.2) is 38.2 Å². The van der Waals surface area contributed by atoms with E-state index in [0.717, 1.165) is 44.0 Å². The van der Waals surface area contributed by atoms with E-state index in [4.69, 9.17) is 4.74 Å². The van der Waals surface area contributed by atoms with Gasteiger partial charge in [-0.05, 0) is 18.8 Å². The Morgan fingerprint density at radius 3 is 3.06 bits per heavy atom. The van der Waals surface area contributed by atoms with Crippen molar-refractivity contribution in [1.82, 2.24) is 25.0 Å². The summed E-state index contributed by atoms with van der Waals surface area (Å²) in [7, 11) is 0. The van der Waals surface area contributed by atoms with Crippen LogP contribution in [0.15, 0.2) is 18.7 Å². The highest BCUT2D eigenvalue weighted by Crippen LogP contribution is 2.18. The summed E-state index contributed by atoms with van der Waals surface area (Å²) >= 11 is 0. The lowest BCUT2D eigenvalue weighted by atomic mass is 10.0. The molecule has 0 aromatic carbocycles. The van der Waals surface area contributed by atoms with Gasteiger partial charge >= 0.3 is 0 Å². The molecule has 6 nitrogen and oxygen atoms in total. The van der Waals surface area contributed by atoms with Gasteiger partial charge in [-0.3, -0.25) is 4.68 Å². The lowest BCUT2D eigenvalue weighted by Crippen LogP contribution is -2.20. The van der Waals surface area contributed by atoms with Crippen molar-refractivity contribution in [1.29, 1.82) is 0 Å². The number of H-pyrrole nitrogens is 1. The lowest BCUT2D eigenvalue weighted by Gasteiger charge is -2.21. The van der Waals surface area contributed by atoms with Gasteiger partial charge in [0.1, 0.15) is 5.69 Å². The van der Waals surface area contributed by atoms with Crippen LogP contribution in [0.5, 0.6) is 0 Å². The molecule has 0 amide bonds. The van der Waals surface area contributed by atoms with Gasteiger partial charge < -0.3 is 9.72 Å². The predicted molar refractivity (Wildman–Crippen MR) is 61.1 cm³/mol. The average Bonchev–Trinajstić information content (AvgIpc) is 3.00. The first kappa shape index (κ1) is 10.5. The first-order valence-corrected chi connectivity index (χ1v) is 5.88. The quantitative estimate of drug-likeness (QED) is 0.861. The number of aromatic amines is 1. The van der Waals surface area contributed by atoms with Gasteiger partial charge in [-0.25, -0.2) is 4.98 Å². The Labute approximate surface area is 99.0 Å². The minimum atomic E-state index is 0.653. The SMILES string of the molecule is c1ncc(-c2cn(CC3CCOCC3)nn2)[nH]1. The zero-order valence-electron chi connectivity index (χ0n) is 9.54. The molecule has 1 aliphatic rings. The second-order valence-corrected chi connectivity index (χ2v) is 4.35. The van der Waals surface area contributed by atoms with Crippen LogP contribution in [0.1, 0.15) is 12.8 Å². The molecule has 1 fully saturated rings. The lowest BCUT2D eigenvalue weighted by molar-refractivity contribution is 0.0600. The molecule has 3 rings (SSSR count). The maximum atomic E-state index is 5.34. The Morgan fingerprint density at radius 1 is 1.41 bits per heavy atom. The van der Waals surface area contributed by atoms with Crippen molar-refractivity contribution in [2.24, 2.45) is 5.92 Å². The van der Waals surface area contributed by atoms with Gasteiger partial charge in [-0.1, -0.05) is 5.21 Å². The minimum absolute atomic E-state index is 0.653. The fourth-order valence-corrected chi connectivity index (χ4v) is 2.10. The van der Waals surface area contributed by atoms with Gasteiger partial charge in [-0.15, -0.1) is 5.10 Å². The van der Waals surface area contributed by atoms with Crippen LogP contribution >= 0.6 is 0 Å². The monoisotopic (exact) mass is 233 g/mol. The van der Waals surface area contributed by atoms with E-state index in [2.05, 4.69) is 20.3 Å². The third kappa shape index (κ3) is 2.36. The molecular weight excluding hydrogens is 218 g/mol. The topological polar surface area (TPSA) is 68.6 Å². The minimum Gasteiger partial charge on any atom is -0.381 e. The van der Waals surface area contributed by atoms with Gasteiger partial charge in [0.05, 0.1) is 24.4 Å². The maximum absolute atomic E-state index is 5.34. The summed E-state index contributed by atoms with van der Waals surface area (Å²) in [5.41, 5.74) is 1.75. The molecule has 2 aromatic rings. The van der Waals surface area contributed by atoms with Crippen molar-refractivity contribution in [2.75, 3.05) is 13.2 Å². The third-order valence-electron chi connectivity index (χ3n) is 3.10. The first-order valence-electron chi connectivity index (χ1n) is 5.88. The van der Waals surface area contributed by atoms with Crippen LogP contribution in [0.2, 0.25) is 0 Å². The predicted octanol–water partition coefficient (Wildman–Crippen LogP) is 1.09. The van der Waals surface area contributed by atoms with Crippen LogP contribution in [0.25, 0.3) is 11.4 Å². The number of aromatic nitrogens is 5. The first-order chi connectivity index (χ1) is 8.42. The number of rotatable bonds is 3. The van der Waals surface area contributed by atoms with E-state index in [1.165, 1.54) is 0 Å². The fourth-order valence-electron chi connectivity index (χ4n) is 2.10. The second kappa shape index (κ2) is 4.67. The van der Waals surface area contributed by atoms with Gasteiger partial charge in [0, 0.05) is 19.8 Å². The van der Waals surface area contributed by atoms with E-state index >= 15 is 0 Å². The Morgan fingerprint density at radius 2 is 2.29 bits per heavy atom. The van der Waals surface area contributed by atoms with E-state index in [0.29, 0.717) is 5.92 Å². The molecular formula is C11H15N5O. The molecule has 90 valence electrons. The van der Waals surface area contributed by atoms with Crippen molar-refractivity contribution in [3.63, 3.8) is 0 Å². The highest BCUT2D eigenvalue weighted by molar-refractivity contribution is 5.50. The standard InChI is InChI=1S/C11H15N5O/c1-3-17-4-2-9(1)6-16-7-11(14-15-16)10-5-12-8-13-10/h5,7-9H,1-4,6H2,(H,12,13). The smallest absolute Gasteiger partial charge is 0.130 e. The molecule has 2 aromatic heterocycles. The molecule has 0 spiro atoms. The molecule has 0 unspecified atom stereocenters. The Kier molecular flexibility index (Phi) is 2.87. The van der Waals surface area contributed by atoms with E-state index in [9.17, 15) is 0 Å². The van der Waals surface area contributed by atoms with Crippen molar-refractivity contribution in [3.8, 4) is 11.4 Å². The van der Waals surface area contributed by atoms with E-state index in [1.807, 2.05) is 10.9 Å². The number of imidazole rings is 1. The zero-order valence-corrected chi connectivity index (χ0v) is 9.54. The number of ether oxygens (including phenoxy) is 1. The number of hydrogen-bond donors (Lipinski definition) is 1. The molecule has 1 N–H and O–H groups in total. The normalized spacial score (nSPS) is 17.4. The zero-order chi connectivity index (χ0) is 11.5. The molecule has 1 saturated heterocycles. The van der Waals surface area contributed by atoms with Crippen molar-refractivity contribution in [2.45, 2.75) is 19.4 Å². The summed E-state index contributed by atoms with van der Waals surface area (Å²) in [5.74, 6) is 0.653. The summed E-state index contributed by atoms with van der Waals surface area (Å²) < 4.78 is 7.25. The fraction of sp³-hybridized carbons (Fsp3) is 0.545. The summed E-state index contributed by atoms with van der Waals surface area (Å²) in [4.78, 5) is 7.00. The van der Waals surface area contributed by atoms with E-state index < -0.39 is 0 Å². The Hall–Kier alpha value is -1.69. The number of nitrogens with one attached hydrogen (secondary N) is 1. The number of hydrogen-bond acceptors (Lipinski definition) is 4. The maximum Gasteiger partial charge on any atom is 0.130 e. The Balaban J connectivity index is 1.68. The van der Waals surface area contributed by atoms with Crippen LogP contribution in [0.3, 0.4) is 0 Å². The Bertz CT molecular complexity index is 458. The van der Waals surface area contributed by atoms with Crippen molar-refractivity contribution in [3.05, 3.63) is 18.7 Å². The van der Waals surface area contributed by atoms with Gasteiger partial charge in [-0.2, -0.15) is 0 Å². The molecule has 0 aliphatic carbocycles. The van der Waals surface area contributed by atoms with Gasteiger partial charge in [0.25, 0.3) is 0 Å². The molecule has 0 saturated carbocycles.